The summed E-state index contributed by atoms with van der Waals surface area (Å²) in [6.07, 6.45) is 0. The average Bonchev–Trinajstić information content (AvgIpc) is 2.82. The minimum Gasteiger partial charge on any atom is -0.368 e. The molecule has 0 saturated carbocycles. The van der Waals surface area contributed by atoms with Crippen molar-refractivity contribution in [3.05, 3.63) is 44.7 Å². The molecule has 1 N–H and O–H groups in total. The zero-order valence-electron chi connectivity index (χ0n) is 12.3. The summed E-state index contributed by atoms with van der Waals surface area (Å²) in [5.74, 6) is 0.648. The highest BCUT2D eigenvalue weighted by Crippen LogP contribution is 2.21. The Balaban J connectivity index is 2.08. The highest BCUT2D eigenvalue weighted by Gasteiger charge is 2.15. The number of amides is 1. The number of anilines is 1. The zero-order chi connectivity index (χ0) is 15.4. The van der Waals surface area contributed by atoms with E-state index in [4.69, 9.17) is 0 Å². The first-order valence-corrected chi connectivity index (χ1v) is 8.35. The summed E-state index contributed by atoms with van der Waals surface area (Å²) in [6.45, 7) is 4.66. The molecule has 0 aromatic carbocycles. The molecule has 6 heteroatoms. The number of rotatable bonds is 5. The van der Waals surface area contributed by atoms with Crippen molar-refractivity contribution in [1.82, 2.24) is 9.88 Å². The fraction of sp³-hybridized carbons (Fsp3) is 0.333. The van der Waals surface area contributed by atoms with Gasteiger partial charge in [-0.25, -0.2) is 4.98 Å². The smallest absolute Gasteiger partial charge is 0.272 e. The van der Waals surface area contributed by atoms with E-state index in [1.807, 2.05) is 37.4 Å². The lowest BCUT2D eigenvalue weighted by Gasteiger charge is -2.16. The molecule has 2 aromatic rings. The van der Waals surface area contributed by atoms with Crippen LogP contribution in [0.2, 0.25) is 0 Å². The molecule has 0 bridgehead atoms. The van der Waals surface area contributed by atoms with Crippen LogP contribution in [-0.4, -0.2) is 28.9 Å². The molecule has 0 fully saturated rings. The maximum absolute atomic E-state index is 12.4. The number of nitrogens with zero attached hydrogens (tertiary/aromatic N) is 2. The van der Waals surface area contributed by atoms with Crippen LogP contribution >= 0.6 is 27.3 Å². The van der Waals surface area contributed by atoms with Gasteiger partial charge in [-0.3, -0.25) is 4.79 Å². The Hall–Kier alpha value is -1.40. The maximum Gasteiger partial charge on any atom is 0.272 e. The summed E-state index contributed by atoms with van der Waals surface area (Å²) >= 11 is 5.05. The predicted molar refractivity (Wildman–Crippen MR) is 90.8 cm³/mol. The van der Waals surface area contributed by atoms with Crippen molar-refractivity contribution in [3.63, 3.8) is 0 Å². The molecule has 2 aromatic heterocycles. The van der Waals surface area contributed by atoms with Crippen LogP contribution in [0.1, 0.15) is 29.2 Å². The largest absolute Gasteiger partial charge is 0.368 e. The van der Waals surface area contributed by atoms with Gasteiger partial charge in [0.05, 0.1) is 6.54 Å². The summed E-state index contributed by atoms with van der Waals surface area (Å²) in [6, 6.07) is 7.77. The zero-order valence-corrected chi connectivity index (χ0v) is 14.7. The van der Waals surface area contributed by atoms with Crippen molar-refractivity contribution < 1.29 is 4.79 Å². The maximum atomic E-state index is 12.4. The Kier molecular flexibility index (Phi) is 5.36. The van der Waals surface area contributed by atoms with Gasteiger partial charge in [0.15, 0.2) is 0 Å². The number of thiophene rings is 1. The van der Waals surface area contributed by atoms with E-state index in [2.05, 4.69) is 26.2 Å². The quantitative estimate of drug-likeness (QED) is 0.868. The van der Waals surface area contributed by atoms with E-state index >= 15 is 0 Å². The number of pyridine rings is 1. The predicted octanol–water partition coefficient (Wildman–Crippen LogP) is 4.00. The van der Waals surface area contributed by atoms with Crippen LogP contribution < -0.4 is 5.32 Å². The highest BCUT2D eigenvalue weighted by molar-refractivity contribution is 9.10. The van der Waals surface area contributed by atoms with Crippen LogP contribution in [0, 0.1) is 0 Å². The lowest BCUT2D eigenvalue weighted by Crippen LogP contribution is -2.27. The molecule has 2 heterocycles. The van der Waals surface area contributed by atoms with Gasteiger partial charge < -0.3 is 10.2 Å². The van der Waals surface area contributed by atoms with E-state index in [1.165, 1.54) is 0 Å². The van der Waals surface area contributed by atoms with E-state index < -0.39 is 0 Å². The van der Waals surface area contributed by atoms with E-state index in [0.717, 1.165) is 15.2 Å². The van der Waals surface area contributed by atoms with Gasteiger partial charge in [0.25, 0.3) is 5.91 Å². The number of halogens is 1. The number of hydrogen-bond acceptors (Lipinski definition) is 4. The minimum absolute atomic E-state index is 0.0769. The van der Waals surface area contributed by atoms with Crippen LogP contribution in [0.3, 0.4) is 0 Å². The van der Waals surface area contributed by atoms with E-state index in [0.29, 0.717) is 12.2 Å². The Labute approximate surface area is 137 Å². The van der Waals surface area contributed by atoms with Crippen molar-refractivity contribution in [3.8, 4) is 0 Å². The third kappa shape index (κ3) is 4.54. The molecule has 2 rings (SSSR count). The highest BCUT2D eigenvalue weighted by atomic mass is 79.9. The minimum atomic E-state index is -0.0769. The number of carbonyl (C=O) groups excluding carboxylic acids is 1. The van der Waals surface area contributed by atoms with Crippen LogP contribution in [0.4, 0.5) is 5.82 Å². The van der Waals surface area contributed by atoms with Crippen LogP contribution in [0.15, 0.2) is 34.1 Å². The van der Waals surface area contributed by atoms with Crippen LogP contribution in [0.5, 0.6) is 0 Å². The summed E-state index contributed by atoms with van der Waals surface area (Å²) < 4.78 is 1.05. The molecule has 112 valence electrons. The summed E-state index contributed by atoms with van der Waals surface area (Å²) in [7, 11) is 1.79. The van der Waals surface area contributed by atoms with Gasteiger partial charge in [0.2, 0.25) is 0 Å². The number of nitrogens with one attached hydrogen (secondary N) is 1. The standard InChI is InChI=1S/C15H18BrN3OS/c1-10(2)17-14-6-4-5-13(18-14)15(20)19(3)8-12-7-11(16)9-21-12/h4-7,9-10H,8H2,1-3H3,(H,17,18). The monoisotopic (exact) mass is 367 g/mol. The molecule has 0 unspecified atom stereocenters. The fourth-order valence-corrected chi connectivity index (χ4v) is 3.37. The Morgan fingerprint density at radius 2 is 2.24 bits per heavy atom. The number of hydrogen-bond donors (Lipinski definition) is 1. The molecule has 0 aliphatic rings. The molecule has 0 radical (unpaired) electrons. The lowest BCUT2D eigenvalue weighted by atomic mass is 10.3. The normalized spacial score (nSPS) is 10.7. The van der Waals surface area contributed by atoms with Gasteiger partial charge in [-0.1, -0.05) is 6.07 Å². The van der Waals surface area contributed by atoms with Crippen LogP contribution in [-0.2, 0) is 6.54 Å². The molecule has 1 amide bonds. The first-order valence-electron chi connectivity index (χ1n) is 6.67. The van der Waals surface area contributed by atoms with Gasteiger partial charge >= 0.3 is 0 Å². The first-order chi connectivity index (χ1) is 9.95. The van der Waals surface area contributed by atoms with Crippen molar-refractivity contribution in [2.24, 2.45) is 0 Å². The molecule has 0 saturated heterocycles. The summed E-state index contributed by atoms with van der Waals surface area (Å²) in [5, 5.41) is 5.22. The molecule has 0 atom stereocenters. The van der Waals surface area contributed by atoms with Crippen molar-refractivity contribution in [2.75, 3.05) is 12.4 Å². The summed E-state index contributed by atoms with van der Waals surface area (Å²) in [5.41, 5.74) is 0.457. The first kappa shape index (κ1) is 16.0. The van der Waals surface area contributed by atoms with Crippen LogP contribution in [0.25, 0.3) is 0 Å². The van der Waals surface area contributed by atoms with Gasteiger partial charge in [-0.2, -0.15) is 0 Å². The van der Waals surface area contributed by atoms with Gasteiger partial charge in [0, 0.05) is 27.8 Å². The lowest BCUT2D eigenvalue weighted by molar-refractivity contribution is 0.0781. The second-order valence-corrected chi connectivity index (χ2v) is 7.01. The van der Waals surface area contributed by atoms with Crippen molar-refractivity contribution >= 4 is 39.0 Å². The second kappa shape index (κ2) is 7.04. The van der Waals surface area contributed by atoms with Gasteiger partial charge in [0.1, 0.15) is 11.5 Å². The number of aromatic nitrogens is 1. The molecule has 0 aliphatic heterocycles. The summed E-state index contributed by atoms with van der Waals surface area (Å²) in [4.78, 5) is 19.6. The van der Waals surface area contributed by atoms with Crippen molar-refractivity contribution in [2.45, 2.75) is 26.4 Å². The van der Waals surface area contributed by atoms with E-state index in [9.17, 15) is 4.79 Å². The third-order valence-corrected chi connectivity index (χ3v) is 4.45. The fourth-order valence-electron chi connectivity index (χ4n) is 1.87. The second-order valence-electron chi connectivity index (χ2n) is 5.10. The van der Waals surface area contributed by atoms with E-state index in [1.54, 1.807) is 29.4 Å². The average molecular weight is 368 g/mol. The molecule has 4 nitrogen and oxygen atoms in total. The molecular weight excluding hydrogens is 350 g/mol. The Morgan fingerprint density at radius 3 is 2.86 bits per heavy atom. The molecule has 0 spiro atoms. The SMILES string of the molecule is CC(C)Nc1cccc(C(=O)N(C)Cc2cc(Br)cs2)n1. The Morgan fingerprint density at radius 1 is 1.48 bits per heavy atom. The molecule has 21 heavy (non-hydrogen) atoms. The topological polar surface area (TPSA) is 45.2 Å². The number of carbonyl (C=O) groups is 1. The van der Waals surface area contributed by atoms with E-state index in [-0.39, 0.29) is 11.9 Å². The third-order valence-electron chi connectivity index (χ3n) is 2.77. The molecule has 0 aliphatic carbocycles. The van der Waals surface area contributed by atoms with Gasteiger partial charge in [-0.15, -0.1) is 11.3 Å². The Bertz CT molecular complexity index is 627. The molecular formula is C15H18BrN3OS. The van der Waals surface area contributed by atoms with Crippen molar-refractivity contribution in [1.29, 1.82) is 0 Å². The van der Waals surface area contributed by atoms with Gasteiger partial charge in [-0.05, 0) is 48.0 Å².